The van der Waals surface area contributed by atoms with Crippen molar-refractivity contribution < 1.29 is 27.5 Å². The predicted octanol–water partition coefficient (Wildman–Crippen LogP) is 2.78. The van der Waals surface area contributed by atoms with Crippen molar-refractivity contribution in [3.05, 3.63) is 0 Å². The lowest BCUT2D eigenvalue weighted by Crippen LogP contribution is -2.41. The monoisotopic (exact) mass is 228 g/mol. The van der Waals surface area contributed by atoms with Gasteiger partial charge in [-0.15, -0.1) is 0 Å². The molecule has 0 spiro atoms. The molecule has 0 radical (unpaired) electrons. The van der Waals surface area contributed by atoms with E-state index in [0.717, 1.165) is 0 Å². The largest absolute Gasteiger partial charge is 0.481 e. The van der Waals surface area contributed by atoms with Crippen LogP contribution in [0.1, 0.15) is 25.7 Å². The molecule has 0 aromatic rings. The van der Waals surface area contributed by atoms with Crippen molar-refractivity contribution in [1.29, 1.82) is 0 Å². The number of halogens is 4. The van der Waals surface area contributed by atoms with Gasteiger partial charge in [0.25, 0.3) is 0 Å². The molecule has 0 atom stereocenters. The highest BCUT2D eigenvalue weighted by molar-refractivity contribution is 5.70. The van der Waals surface area contributed by atoms with E-state index in [-0.39, 0.29) is 12.8 Å². The molecule has 0 heterocycles. The van der Waals surface area contributed by atoms with E-state index < -0.39 is 43.0 Å². The quantitative estimate of drug-likeness (QED) is 0.754. The summed E-state index contributed by atoms with van der Waals surface area (Å²) in [5.74, 6) is -1.84. The number of carbonyl (C=O) groups is 1. The summed E-state index contributed by atoms with van der Waals surface area (Å²) in [6.45, 7) is 0. The van der Waals surface area contributed by atoms with Crippen LogP contribution in [0.25, 0.3) is 0 Å². The predicted molar refractivity (Wildman–Crippen MR) is 44.0 cm³/mol. The standard InChI is InChI=1S/C9H12F4O2/c10-7(11)9(8(12)13)3-1-5(2-4-9)6(14)15/h5,7-8H,1-4H2,(H,14,15). The van der Waals surface area contributed by atoms with Crippen molar-refractivity contribution in [3.63, 3.8) is 0 Å². The van der Waals surface area contributed by atoms with Crippen LogP contribution in [0.5, 0.6) is 0 Å². The van der Waals surface area contributed by atoms with Gasteiger partial charge in [-0.2, -0.15) is 0 Å². The Morgan fingerprint density at radius 2 is 1.53 bits per heavy atom. The molecule has 88 valence electrons. The molecular formula is C9H12F4O2. The summed E-state index contributed by atoms with van der Waals surface area (Å²) in [7, 11) is 0. The summed E-state index contributed by atoms with van der Waals surface area (Å²) in [6, 6.07) is 0. The number of hydrogen-bond acceptors (Lipinski definition) is 1. The van der Waals surface area contributed by atoms with E-state index in [1.54, 1.807) is 0 Å². The topological polar surface area (TPSA) is 37.3 Å². The number of carboxylic acid groups (broad SMARTS) is 1. The molecule has 1 rings (SSSR count). The first kappa shape index (κ1) is 12.3. The van der Waals surface area contributed by atoms with E-state index in [4.69, 9.17) is 5.11 Å². The molecule has 2 nitrogen and oxygen atoms in total. The van der Waals surface area contributed by atoms with Gasteiger partial charge in [0.05, 0.1) is 11.3 Å². The van der Waals surface area contributed by atoms with Crippen LogP contribution in [0.2, 0.25) is 0 Å². The summed E-state index contributed by atoms with van der Waals surface area (Å²) in [5.41, 5.74) is -2.29. The Labute approximate surface area is 84.3 Å². The molecule has 0 bridgehead atoms. The highest BCUT2D eigenvalue weighted by Gasteiger charge is 2.51. The molecule has 1 N–H and O–H groups in total. The van der Waals surface area contributed by atoms with Gasteiger partial charge in [0, 0.05) is 0 Å². The van der Waals surface area contributed by atoms with E-state index in [1.807, 2.05) is 0 Å². The van der Waals surface area contributed by atoms with Gasteiger partial charge in [-0.1, -0.05) is 0 Å². The van der Waals surface area contributed by atoms with Gasteiger partial charge in [-0.05, 0) is 25.7 Å². The molecule has 1 saturated carbocycles. The third-order valence-electron chi connectivity index (χ3n) is 3.13. The summed E-state index contributed by atoms with van der Waals surface area (Å²) < 4.78 is 50.1. The lowest BCUT2D eigenvalue weighted by atomic mass is 9.71. The molecule has 0 saturated heterocycles. The van der Waals surface area contributed by atoms with Crippen LogP contribution in [0.4, 0.5) is 17.6 Å². The fourth-order valence-corrected chi connectivity index (χ4v) is 1.93. The fraction of sp³-hybridized carbons (Fsp3) is 0.889. The highest BCUT2D eigenvalue weighted by atomic mass is 19.3. The zero-order chi connectivity index (χ0) is 11.6. The highest BCUT2D eigenvalue weighted by Crippen LogP contribution is 2.47. The third-order valence-corrected chi connectivity index (χ3v) is 3.13. The summed E-state index contributed by atoms with van der Waals surface area (Å²) >= 11 is 0. The molecule has 1 aliphatic rings. The molecule has 1 aliphatic carbocycles. The summed E-state index contributed by atoms with van der Waals surface area (Å²) in [6.07, 6.45) is -7.20. The molecule has 6 heteroatoms. The molecule has 0 aliphatic heterocycles. The first-order valence-electron chi connectivity index (χ1n) is 4.69. The van der Waals surface area contributed by atoms with Crippen LogP contribution in [0.15, 0.2) is 0 Å². The number of hydrogen-bond donors (Lipinski definition) is 1. The SMILES string of the molecule is O=C(O)C1CCC(C(F)F)(C(F)F)CC1. The lowest BCUT2D eigenvalue weighted by Gasteiger charge is -2.37. The second-order valence-corrected chi connectivity index (χ2v) is 3.95. The normalized spacial score (nSPS) is 22.3. The first-order valence-corrected chi connectivity index (χ1v) is 4.69. The van der Waals surface area contributed by atoms with Crippen molar-refractivity contribution >= 4 is 5.97 Å². The second kappa shape index (κ2) is 4.37. The smallest absolute Gasteiger partial charge is 0.306 e. The van der Waals surface area contributed by atoms with Gasteiger partial charge in [0.15, 0.2) is 0 Å². The third kappa shape index (κ3) is 2.23. The Morgan fingerprint density at radius 3 is 1.80 bits per heavy atom. The maximum atomic E-state index is 12.5. The molecule has 1 fully saturated rings. The minimum absolute atomic E-state index is 0.0932. The summed E-state index contributed by atoms with van der Waals surface area (Å²) in [5, 5.41) is 8.61. The van der Waals surface area contributed by atoms with Crippen LogP contribution in [-0.4, -0.2) is 23.9 Å². The Morgan fingerprint density at radius 1 is 1.13 bits per heavy atom. The molecule has 0 amide bonds. The van der Waals surface area contributed by atoms with Gasteiger partial charge in [-0.3, -0.25) is 4.79 Å². The van der Waals surface area contributed by atoms with Crippen LogP contribution in [-0.2, 0) is 4.79 Å². The Bertz CT molecular complexity index is 224. The van der Waals surface area contributed by atoms with Gasteiger partial charge >= 0.3 is 5.97 Å². The summed E-state index contributed by atoms with van der Waals surface area (Å²) in [4.78, 5) is 10.5. The Kier molecular flexibility index (Phi) is 3.57. The van der Waals surface area contributed by atoms with Crippen molar-refractivity contribution in [3.8, 4) is 0 Å². The van der Waals surface area contributed by atoms with Gasteiger partial charge in [-0.25, -0.2) is 17.6 Å². The van der Waals surface area contributed by atoms with Crippen LogP contribution in [0.3, 0.4) is 0 Å². The van der Waals surface area contributed by atoms with Crippen molar-refractivity contribution in [1.82, 2.24) is 0 Å². The number of alkyl halides is 4. The van der Waals surface area contributed by atoms with E-state index in [2.05, 4.69) is 0 Å². The van der Waals surface area contributed by atoms with Crippen molar-refractivity contribution in [2.24, 2.45) is 11.3 Å². The first-order chi connectivity index (χ1) is 6.90. The van der Waals surface area contributed by atoms with Crippen molar-refractivity contribution in [2.75, 3.05) is 0 Å². The van der Waals surface area contributed by atoms with Gasteiger partial charge < -0.3 is 5.11 Å². The molecule has 0 unspecified atom stereocenters. The van der Waals surface area contributed by atoms with Crippen LogP contribution < -0.4 is 0 Å². The Balaban J connectivity index is 2.70. The minimum atomic E-state index is -3.09. The average Bonchev–Trinajstić information content (AvgIpc) is 2.17. The van der Waals surface area contributed by atoms with Crippen LogP contribution in [0, 0.1) is 11.3 Å². The van der Waals surface area contributed by atoms with E-state index in [9.17, 15) is 22.4 Å². The second-order valence-electron chi connectivity index (χ2n) is 3.95. The fourth-order valence-electron chi connectivity index (χ4n) is 1.93. The number of rotatable bonds is 3. The van der Waals surface area contributed by atoms with Gasteiger partial charge in [0.2, 0.25) is 12.9 Å². The van der Waals surface area contributed by atoms with Crippen LogP contribution >= 0.6 is 0 Å². The lowest BCUT2D eigenvalue weighted by molar-refractivity contribution is -0.155. The van der Waals surface area contributed by atoms with Crippen molar-refractivity contribution in [2.45, 2.75) is 38.5 Å². The maximum absolute atomic E-state index is 12.5. The minimum Gasteiger partial charge on any atom is -0.481 e. The number of carboxylic acids is 1. The van der Waals surface area contributed by atoms with E-state index >= 15 is 0 Å². The zero-order valence-electron chi connectivity index (χ0n) is 7.93. The zero-order valence-corrected chi connectivity index (χ0v) is 7.93. The molecular weight excluding hydrogens is 216 g/mol. The maximum Gasteiger partial charge on any atom is 0.306 e. The van der Waals surface area contributed by atoms with Gasteiger partial charge in [0.1, 0.15) is 0 Å². The van der Waals surface area contributed by atoms with E-state index in [1.165, 1.54) is 0 Å². The molecule has 0 aromatic carbocycles. The molecule has 0 aromatic heterocycles. The molecule has 15 heavy (non-hydrogen) atoms. The number of aliphatic carboxylic acids is 1. The average molecular weight is 228 g/mol. The van der Waals surface area contributed by atoms with E-state index in [0.29, 0.717) is 0 Å². The Hall–Kier alpha value is -0.810.